The average molecular weight is 139 g/mol. The standard InChI is InChI=1S/C8H18BN/c1-3-4-5-6-7-8(2)10-9/h8,10H,3-7H2,1-2H3. The van der Waals surface area contributed by atoms with Crippen molar-refractivity contribution in [3.8, 4) is 0 Å². The summed E-state index contributed by atoms with van der Waals surface area (Å²) in [6.45, 7) is 4.34. The Kier molecular flexibility index (Phi) is 7.15. The molecule has 0 bridgehead atoms. The minimum atomic E-state index is 0.483. The molecule has 0 aromatic carbocycles. The highest BCUT2D eigenvalue weighted by atomic mass is 14.8. The van der Waals surface area contributed by atoms with E-state index in [9.17, 15) is 0 Å². The van der Waals surface area contributed by atoms with Gasteiger partial charge in [-0.15, -0.1) is 0 Å². The van der Waals surface area contributed by atoms with Gasteiger partial charge >= 0.3 is 0 Å². The Bertz CT molecular complexity index is 66.3. The van der Waals surface area contributed by atoms with Gasteiger partial charge in [0, 0.05) is 0 Å². The Morgan fingerprint density at radius 1 is 1.30 bits per heavy atom. The third-order valence-corrected chi connectivity index (χ3v) is 1.78. The molecular weight excluding hydrogens is 121 g/mol. The molecule has 2 heteroatoms. The van der Waals surface area contributed by atoms with Gasteiger partial charge in [-0.2, -0.15) is 0 Å². The molecule has 0 heterocycles. The van der Waals surface area contributed by atoms with Crippen molar-refractivity contribution in [2.75, 3.05) is 0 Å². The van der Waals surface area contributed by atoms with Gasteiger partial charge in [0.2, 0.25) is 0 Å². The minimum Gasteiger partial charge on any atom is -0.364 e. The van der Waals surface area contributed by atoms with Crippen LogP contribution in [0.1, 0.15) is 46.0 Å². The molecule has 1 atom stereocenters. The lowest BCUT2D eigenvalue weighted by Crippen LogP contribution is -2.22. The number of unbranched alkanes of at least 4 members (excludes halogenated alkanes) is 3. The summed E-state index contributed by atoms with van der Waals surface area (Å²) in [6.07, 6.45) is 6.53. The van der Waals surface area contributed by atoms with Crippen LogP contribution >= 0.6 is 0 Å². The highest BCUT2D eigenvalue weighted by molar-refractivity contribution is 6.04. The molecule has 0 rings (SSSR count). The third-order valence-electron chi connectivity index (χ3n) is 1.78. The van der Waals surface area contributed by atoms with E-state index in [1.54, 1.807) is 0 Å². The Balaban J connectivity index is 2.89. The van der Waals surface area contributed by atoms with E-state index in [0.29, 0.717) is 6.04 Å². The zero-order valence-electron chi connectivity index (χ0n) is 7.19. The van der Waals surface area contributed by atoms with E-state index in [1.165, 1.54) is 32.1 Å². The van der Waals surface area contributed by atoms with E-state index in [-0.39, 0.29) is 0 Å². The van der Waals surface area contributed by atoms with Gasteiger partial charge in [0.15, 0.2) is 7.98 Å². The lowest BCUT2D eigenvalue weighted by atomic mass is 10.1. The molecule has 1 N–H and O–H groups in total. The second kappa shape index (κ2) is 7.14. The molecule has 0 spiro atoms. The molecule has 1 nitrogen and oxygen atoms in total. The fourth-order valence-corrected chi connectivity index (χ4v) is 0.961. The van der Waals surface area contributed by atoms with Crippen LogP contribution in [0.15, 0.2) is 0 Å². The van der Waals surface area contributed by atoms with Crippen molar-refractivity contribution in [2.45, 2.75) is 52.0 Å². The number of hydrogen-bond acceptors (Lipinski definition) is 1. The Morgan fingerprint density at radius 2 is 2.00 bits per heavy atom. The molecule has 58 valence electrons. The smallest absolute Gasteiger partial charge is 0.178 e. The van der Waals surface area contributed by atoms with Gasteiger partial charge in [-0.25, -0.2) is 0 Å². The summed E-state index contributed by atoms with van der Waals surface area (Å²) in [5, 5.41) is 2.74. The van der Waals surface area contributed by atoms with Crippen molar-refractivity contribution in [1.29, 1.82) is 0 Å². The second-order valence-corrected chi connectivity index (χ2v) is 2.92. The highest BCUT2D eigenvalue weighted by Gasteiger charge is 1.95. The van der Waals surface area contributed by atoms with E-state index < -0.39 is 0 Å². The van der Waals surface area contributed by atoms with Gasteiger partial charge < -0.3 is 5.23 Å². The summed E-state index contributed by atoms with van der Waals surface area (Å²) < 4.78 is 0. The van der Waals surface area contributed by atoms with Crippen molar-refractivity contribution < 1.29 is 0 Å². The maximum atomic E-state index is 5.24. The predicted octanol–water partition coefficient (Wildman–Crippen LogP) is 2.02. The van der Waals surface area contributed by atoms with Crippen molar-refractivity contribution in [3.63, 3.8) is 0 Å². The quantitative estimate of drug-likeness (QED) is 0.438. The zero-order valence-corrected chi connectivity index (χ0v) is 7.19. The van der Waals surface area contributed by atoms with Gasteiger partial charge in [0.05, 0.1) is 0 Å². The first kappa shape index (κ1) is 10.0. The lowest BCUT2D eigenvalue weighted by Gasteiger charge is -2.08. The summed E-state index contributed by atoms with van der Waals surface area (Å²) in [7, 11) is 5.24. The molecule has 0 fully saturated rings. The number of rotatable bonds is 6. The number of nitrogens with one attached hydrogen (secondary N) is 1. The molecule has 0 amide bonds. The maximum absolute atomic E-state index is 5.24. The molecular formula is C8H18BN. The topological polar surface area (TPSA) is 12.0 Å². The lowest BCUT2D eigenvalue weighted by molar-refractivity contribution is 0.552. The van der Waals surface area contributed by atoms with Gasteiger partial charge in [-0.1, -0.05) is 39.5 Å². The first-order valence-corrected chi connectivity index (χ1v) is 4.27. The van der Waals surface area contributed by atoms with Crippen LogP contribution in [0.3, 0.4) is 0 Å². The summed E-state index contributed by atoms with van der Waals surface area (Å²) in [4.78, 5) is 0. The van der Waals surface area contributed by atoms with E-state index in [1.807, 2.05) is 0 Å². The van der Waals surface area contributed by atoms with Gasteiger partial charge in [-0.3, -0.25) is 0 Å². The van der Waals surface area contributed by atoms with Crippen LogP contribution in [-0.2, 0) is 0 Å². The van der Waals surface area contributed by atoms with E-state index >= 15 is 0 Å². The van der Waals surface area contributed by atoms with Crippen LogP contribution in [0.25, 0.3) is 0 Å². The van der Waals surface area contributed by atoms with E-state index in [0.717, 1.165) is 0 Å². The fraction of sp³-hybridized carbons (Fsp3) is 1.00. The van der Waals surface area contributed by atoms with Crippen molar-refractivity contribution in [3.05, 3.63) is 0 Å². The van der Waals surface area contributed by atoms with Crippen molar-refractivity contribution in [2.24, 2.45) is 0 Å². The third kappa shape index (κ3) is 6.15. The monoisotopic (exact) mass is 139 g/mol. The molecule has 1 unspecified atom stereocenters. The SMILES string of the molecule is [B]NC(C)CCCCCC. The Hall–Kier alpha value is 0.0249. The van der Waals surface area contributed by atoms with Crippen LogP contribution in [0, 0.1) is 0 Å². The molecule has 0 saturated heterocycles. The van der Waals surface area contributed by atoms with Crippen LogP contribution in [0.4, 0.5) is 0 Å². The predicted molar refractivity (Wildman–Crippen MR) is 47.1 cm³/mol. The molecule has 10 heavy (non-hydrogen) atoms. The molecule has 0 aromatic rings. The molecule has 2 radical (unpaired) electrons. The zero-order chi connectivity index (χ0) is 7.82. The Morgan fingerprint density at radius 3 is 2.50 bits per heavy atom. The van der Waals surface area contributed by atoms with Crippen LogP contribution in [0.5, 0.6) is 0 Å². The second-order valence-electron chi connectivity index (χ2n) is 2.92. The molecule has 0 aliphatic heterocycles. The Labute approximate surface area is 66.0 Å². The van der Waals surface area contributed by atoms with E-state index in [4.69, 9.17) is 7.98 Å². The van der Waals surface area contributed by atoms with Crippen LogP contribution in [-0.4, -0.2) is 14.0 Å². The summed E-state index contributed by atoms with van der Waals surface area (Å²) in [5.41, 5.74) is 0. The van der Waals surface area contributed by atoms with Crippen molar-refractivity contribution in [1.82, 2.24) is 5.23 Å². The minimum absolute atomic E-state index is 0.483. The summed E-state index contributed by atoms with van der Waals surface area (Å²) in [5.74, 6) is 0. The van der Waals surface area contributed by atoms with Crippen LogP contribution in [0.2, 0.25) is 0 Å². The van der Waals surface area contributed by atoms with Gasteiger partial charge in [0.1, 0.15) is 0 Å². The van der Waals surface area contributed by atoms with Crippen molar-refractivity contribution >= 4 is 7.98 Å². The maximum Gasteiger partial charge on any atom is 0.178 e. The van der Waals surface area contributed by atoms with Crippen LogP contribution < -0.4 is 5.23 Å². The highest BCUT2D eigenvalue weighted by Crippen LogP contribution is 2.04. The normalized spacial score (nSPS) is 13.4. The number of hydrogen-bond donors (Lipinski definition) is 1. The first-order valence-electron chi connectivity index (χ1n) is 4.27. The largest absolute Gasteiger partial charge is 0.364 e. The molecule has 0 aliphatic carbocycles. The fourth-order valence-electron chi connectivity index (χ4n) is 0.961. The van der Waals surface area contributed by atoms with Gasteiger partial charge in [0.25, 0.3) is 0 Å². The molecule has 0 aliphatic rings. The van der Waals surface area contributed by atoms with Gasteiger partial charge in [-0.05, 0) is 12.5 Å². The van der Waals surface area contributed by atoms with E-state index in [2.05, 4.69) is 19.1 Å². The first-order chi connectivity index (χ1) is 4.81. The summed E-state index contributed by atoms with van der Waals surface area (Å²) >= 11 is 0. The average Bonchev–Trinajstić information content (AvgIpc) is 1.98. The molecule has 0 saturated carbocycles. The summed E-state index contributed by atoms with van der Waals surface area (Å²) in [6, 6.07) is 0.483. The molecule has 0 aromatic heterocycles.